The minimum absolute atomic E-state index is 0.354. The van der Waals surface area contributed by atoms with Crippen LogP contribution in [0, 0.1) is 17.8 Å². The number of aliphatic hydroxyl groups is 1. The van der Waals surface area contributed by atoms with E-state index in [-0.39, 0.29) is 5.60 Å². The lowest BCUT2D eigenvalue weighted by Crippen LogP contribution is -2.47. The Labute approximate surface area is 91.8 Å². The molecule has 2 saturated carbocycles. The number of fused-ring (bicyclic) bond motifs is 2. The zero-order valence-electron chi connectivity index (χ0n) is 9.28. The zero-order chi connectivity index (χ0) is 10.3. The lowest BCUT2D eigenvalue weighted by molar-refractivity contribution is -0.0318. The number of allylic oxidation sites excluding steroid dienone is 2. The number of hydrogen-bond acceptors (Lipinski definition) is 2. The van der Waals surface area contributed by atoms with Gasteiger partial charge in [-0.15, -0.1) is 0 Å². The van der Waals surface area contributed by atoms with Crippen molar-refractivity contribution in [2.75, 3.05) is 13.1 Å². The fourth-order valence-electron chi connectivity index (χ4n) is 3.38. The average molecular weight is 207 g/mol. The zero-order valence-corrected chi connectivity index (χ0v) is 9.28. The quantitative estimate of drug-likeness (QED) is 0.688. The molecule has 0 aromatic heterocycles. The fraction of sp³-hybridized carbons (Fsp3) is 0.846. The molecular formula is C13H21NO. The van der Waals surface area contributed by atoms with Crippen LogP contribution in [0.3, 0.4) is 0 Å². The van der Waals surface area contributed by atoms with E-state index < -0.39 is 0 Å². The molecule has 3 rings (SSSR count). The van der Waals surface area contributed by atoms with Crippen LogP contribution in [0.2, 0.25) is 0 Å². The summed E-state index contributed by atoms with van der Waals surface area (Å²) in [6.07, 6.45) is 10.7. The standard InChI is InChI=1S/C13H21NO/c15-13(4-1-5-13)9-14-8-12-7-10-2-3-11(12)6-10/h2-3,10-12,14-15H,1,4-9H2. The van der Waals surface area contributed by atoms with E-state index in [0.717, 1.165) is 43.7 Å². The lowest BCUT2D eigenvalue weighted by atomic mass is 9.80. The Morgan fingerprint density at radius 2 is 2.13 bits per heavy atom. The molecular weight excluding hydrogens is 186 g/mol. The molecule has 0 aliphatic heterocycles. The van der Waals surface area contributed by atoms with Crippen LogP contribution in [0.15, 0.2) is 12.2 Å². The molecule has 2 nitrogen and oxygen atoms in total. The van der Waals surface area contributed by atoms with E-state index in [2.05, 4.69) is 17.5 Å². The van der Waals surface area contributed by atoms with Gasteiger partial charge in [0.15, 0.2) is 0 Å². The Morgan fingerprint density at radius 1 is 1.27 bits per heavy atom. The minimum Gasteiger partial charge on any atom is -0.389 e. The normalized spacial score (nSPS) is 40.7. The van der Waals surface area contributed by atoms with Gasteiger partial charge in [0.05, 0.1) is 5.60 Å². The molecule has 84 valence electrons. The summed E-state index contributed by atoms with van der Waals surface area (Å²) in [4.78, 5) is 0. The highest BCUT2D eigenvalue weighted by Gasteiger charge is 2.37. The molecule has 2 heteroatoms. The smallest absolute Gasteiger partial charge is 0.0771 e. The predicted molar refractivity (Wildman–Crippen MR) is 60.5 cm³/mol. The van der Waals surface area contributed by atoms with Gasteiger partial charge in [0.2, 0.25) is 0 Å². The van der Waals surface area contributed by atoms with E-state index in [0.29, 0.717) is 0 Å². The Kier molecular flexibility index (Phi) is 2.37. The number of rotatable bonds is 4. The molecule has 0 heterocycles. The van der Waals surface area contributed by atoms with Crippen molar-refractivity contribution in [2.24, 2.45) is 17.8 Å². The summed E-state index contributed by atoms with van der Waals surface area (Å²) in [5.74, 6) is 2.54. The first-order chi connectivity index (χ1) is 7.25. The van der Waals surface area contributed by atoms with Crippen LogP contribution in [0.5, 0.6) is 0 Å². The molecule has 2 bridgehead atoms. The molecule has 0 aromatic rings. The first-order valence-electron chi connectivity index (χ1n) is 6.37. The minimum atomic E-state index is -0.354. The first-order valence-corrected chi connectivity index (χ1v) is 6.37. The third-order valence-corrected chi connectivity index (χ3v) is 4.56. The van der Waals surface area contributed by atoms with Crippen LogP contribution < -0.4 is 5.32 Å². The summed E-state index contributed by atoms with van der Waals surface area (Å²) in [6, 6.07) is 0. The third kappa shape index (κ3) is 1.85. The topological polar surface area (TPSA) is 32.3 Å². The summed E-state index contributed by atoms with van der Waals surface area (Å²) in [5.41, 5.74) is -0.354. The Morgan fingerprint density at radius 3 is 2.67 bits per heavy atom. The van der Waals surface area contributed by atoms with Gasteiger partial charge in [0, 0.05) is 6.54 Å². The van der Waals surface area contributed by atoms with Crippen LogP contribution in [0.4, 0.5) is 0 Å². The van der Waals surface area contributed by atoms with Crippen molar-refractivity contribution in [3.63, 3.8) is 0 Å². The highest BCUT2D eigenvalue weighted by atomic mass is 16.3. The van der Waals surface area contributed by atoms with Crippen molar-refractivity contribution >= 4 is 0 Å². The highest BCUT2D eigenvalue weighted by molar-refractivity contribution is 5.10. The molecule has 3 unspecified atom stereocenters. The monoisotopic (exact) mass is 207 g/mol. The van der Waals surface area contributed by atoms with Gasteiger partial charge >= 0.3 is 0 Å². The molecule has 0 amide bonds. The van der Waals surface area contributed by atoms with Crippen molar-refractivity contribution in [3.05, 3.63) is 12.2 Å². The molecule has 0 spiro atoms. The molecule has 0 saturated heterocycles. The number of hydrogen-bond donors (Lipinski definition) is 2. The van der Waals surface area contributed by atoms with E-state index >= 15 is 0 Å². The van der Waals surface area contributed by atoms with Crippen molar-refractivity contribution < 1.29 is 5.11 Å². The lowest BCUT2D eigenvalue weighted by Gasteiger charge is -2.37. The van der Waals surface area contributed by atoms with Gasteiger partial charge in [0.25, 0.3) is 0 Å². The van der Waals surface area contributed by atoms with Crippen LogP contribution in [0.1, 0.15) is 32.1 Å². The van der Waals surface area contributed by atoms with Crippen molar-refractivity contribution in [3.8, 4) is 0 Å². The third-order valence-electron chi connectivity index (χ3n) is 4.56. The Bertz CT molecular complexity index is 270. The van der Waals surface area contributed by atoms with Gasteiger partial charge < -0.3 is 10.4 Å². The molecule has 3 atom stereocenters. The van der Waals surface area contributed by atoms with Gasteiger partial charge in [-0.3, -0.25) is 0 Å². The maximum Gasteiger partial charge on any atom is 0.0771 e. The van der Waals surface area contributed by atoms with Crippen molar-refractivity contribution in [2.45, 2.75) is 37.7 Å². The molecule has 15 heavy (non-hydrogen) atoms. The molecule has 2 N–H and O–H groups in total. The van der Waals surface area contributed by atoms with E-state index in [1.54, 1.807) is 0 Å². The van der Waals surface area contributed by atoms with E-state index in [1.807, 2.05) is 0 Å². The van der Waals surface area contributed by atoms with Crippen LogP contribution in [0.25, 0.3) is 0 Å². The maximum atomic E-state index is 9.94. The Hall–Kier alpha value is -0.340. The van der Waals surface area contributed by atoms with Gasteiger partial charge in [-0.1, -0.05) is 12.2 Å². The average Bonchev–Trinajstić information content (AvgIpc) is 2.76. The first kappa shape index (κ1) is 9.86. The SMILES string of the molecule is OC1(CNCC2CC3C=CC2C3)CCC1. The summed E-state index contributed by atoms with van der Waals surface area (Å²) >= 11 is 0. The Balaban J connectivity index is 1.41. The second-order valence-corrected chi connectivity index (χ2v) is 5.75. The molecule has 3 aliphatic rings. The maximum absolute atomic E-state index is 9.94. The summed E-state index contributed by atoms with van der Waals surface area (Å²) in [7, 11) is 0. The van der Waals surface area contributed by atoms with Gasteiger partial charge in [0.1, 0.15) is 0 Å². The predicted octanol–water partition coefficient (Wildman–Crippen LogP) is 1.70. The van der Waals surface area contributed by atoms with Crippen LogP contribution >= 0.6 is 0 Å². The second-order valence-electron chi connectivity index (χ2n) is 5.75. The molecule has 0 aromatic carbocycles. The van der Waals surface area contributed by atoms with Gasteiger partial charge in [-0.05, 0) is 56.4 Å². The van der Waals surface area contributed by atoms with E-state index in [9.17, 15) is 5.11 Å². The van der Waals surface area contributed by atoms with Crippen molar-refractivity contribution in [1.82, 2.24) is 5.32 Å². The summed E-state index contributed by atoms with van der Waals surface area (Å²) in [5, 5.41) is 13.4. The highest BCUT2D eigenvalue weighted by Crippen LogP contribution is 2.43. The second kappa shape index (κ2) is 3.60. The van der Waals surface area contributed by atoms with Crippen LogP contribution in [-0.4, -0.2) is 23.8 Å². The van der Waals surface area contributed by atoms with E-state index in [4.69, 9.17) is 0 Å². The van der Waals surface area contributed by atoms with Gasteiger partial charge in [-0.2, -0.15) is 0 Å². The van der Waals surface area contributed by atoms with Crippen molar-refractivity contribution in [1.29, 1.82) is 0 Å². The fourth-order valence-corrected chi connectivity index (χ4v) is 3.38. The van der Waals surface area contributed by atoms with Gasteiger partial charge in [-0.25, -0.2) is 0 Å². The number of nitrogens with one attached hydrogen (secondary N) is 1. The van der Waals surface area contributed by atoms with E-state index in [1.165, 1.54) is 19.3 Å². The largest absolute Gasteiger partial charge is 0.389 e. The molecule has 2 fully saturated rings. The summed E-state index contributed by atoms with van der Waals surface area (Å²) in [6.45, 7) is 1.92. The van der Waals surface area contributed by atoms with Crippen LogP contribution in [-0.2, 0) is 0 Å². The molecule has 0 radical (unpaired) electrons. The summed E-state index contributed by atoms with van der Waals surface area (Å²) < 4.78 is 0. The molecule has 3 aliphatic carbocycles.